The molecule has 1 aliphatic heterocycles. The third kappa shape index (κ3) is 4.08. The van der Waals surface area contributed by atoms with Crippen LogP contribution in [0.15, 0.2) is 0 Å². The van der Waals surface area contributed by atoms with Crippen LogP contribution in [0.3, 0.4) is 0 Å². The summed E-state index contributed by atoms with van der Waals surface area (Å²) in [6.45, 7) is 0.0874. The molecule has 7 nitrogen and oxygen atoms in total. The molecule has 74 valence electrons. The van der Waals surface area contributed by atoms with Gasteiger partial charge < -0.3 is 11.5 Å². The second-order valence-corrected chi connectivity index (χ2v) is 3.45. The number of carbonyl (C=O) groups is 3. The van der Waals surface area contributed by atoms with E-state index < -0.39 is 6.03 Å². The first kappa shape index (κ1) is 12.2. The van der Waals surface area contributed by atoms with Gasteiger partial charge in [-0.25, -0.2) is 13.5 Å². The zero-order valence-corrected chi connectivity index (χ0v) is 9.41. The van der Waals surface area contributed by atoms with Crippen molar-refractivity contribution in [3.05, 3.63) is 0 Å². The van der Waals surface area contributed by atoms with Gasteiger partial charge in [0.2, 0.25) is 0 Å². The Morgan fingerprint density at radius 3 is 1.77 bits per heavy atom. The fraction of sp³-hybridized carbons (Fsp3) is 0.250. The Morgan fingerprint density at radius 2 is 1.69 bits per heavy atom. The minimum atomic E-state index is -0.833. The average Bonchev–Trinajstić information content (AvgIpc) is 2.17. The van der Waals surface area contributed by atoms with Crippen LogP contribution in [-0.4, -0.2) is 32.4 Å². The largest absolute Gasteiger partial charge is 0.352 e. The predicted molar refractivity (Wildman–Crippen MR) is 50.6 cm³/mol. The lowest BCUT2D eigenvalue weighted by atomic mass is 10.7. The summed E-state index contributed by atoms with van der Waals surface area (Å²) in [5.74, 6) is -0.267. The standard InChI is InChI=1S/C3H2Br2N2O2.CH4N2O/c4-6-1-2(8)7(5)3(6)9;2-1(3)4/h1H2;(H4,2,3,4). The van der Waals surface area contributed by atoms with Crippen molar-refractivity contribution in [2.45, 2.75) is 0 Å². The van der Waals surface area contributed by atoms with Crippen molar-refractivity contribution in [3.63, 3.8) is 0 Å². The molecule has 0 unspecified atom stereocenters. The number of nitrogens with two attached hydrogens (primary N) is 2. The Bertz CT molecular complexity index is 242. The first-order valence-electron chi connectivity index (χ1n) is 2.87. The van der Waals surface area contributed by atoms with Crippen molar-refractivity contribution in [2.24, 2.45) is 11.5 Å². The van der Waals surface area contributed by atoms with Gasteiger partial charge in [-0.1, -0.05) is 0 Å². The van der Waals surface area contributed by atoms with Crippen LogP contribution in [0.5, 0.6) is 0 Å². The van der Waals surface area contributed by atoms with E-state index in [4.69, 9.17) is 4.79 Å². The Balaban J connectivity index is 0.000000310. The molecule has 4 N–H and O–H groups in total. The molecule has 1 heterocycles. The predicted octanol–water partition coefficient (Wildman–Crippen LogP) is -0.106. The van der Waals surface area contributed by atoms with E-state index in [1.54, 1.807) is 0 Å². The summed E-state index contributed by atoms with van der Waals surface area (Å²) in [6.07, 6.45) is 0. The molecule has 1 saturated heterocycles. The van der Waals surface area contributed by atoms with Crippen LogP contribution in [0.4, 0.5) is 9.59 Å². The summed E-state index contributed by atoms with van der Waals surface area (Å²) < 4.78 is 2.02. The lowest BCUT2D eigenvalue weighted by Gasteiger charge is -2.00. The van der Waals surface area contributed by atoms with Gasteiger partial charge in [-0.05, 0) is 0 Å². The van der Waals surface area contributed by atoms with E-state index in [0.717, 1.165) is 7.85 Å². The van der Waals surface area contributed by atoms with Crippen molar-refractivity contribution in [1.29, 1.82) is 0 Å². The Labute approximate surface area is 90.7 Å². The molecular weight excluding hydrogens is 312 g/mol. The maximum Gasteiger partial charge on any atom is 0.347 e. The average molecular weight is 318 g/mol. The highest BCUT2D eigenvalue weighted by Crippen LogP contribution is 2.16. The number of imide groups is 1. The molecule has 0 radical (unpaired) electrons. The van der Waals surface area contributed by atoms with Gasteiger partial charge in [-0.2, -0.15) is 3.93 Å². The molecule has 9 heteroatoms. The van der Waals surface area contributed by atoms with E-state index in [0.29, 0.717) is 0 Å². The highest BCUT2D eigenvalue weighted by molar-refractivity contribution is 9.08. The molecular formula is C4H6Br2N4O3. The van der Waals surface area contributed by atoms with Gasteiger partial charge in [0.1, 0.15) is 6.54 Å². The van der Waals surface area contributed by atoms with Gasteiger partial charge in [0.05, 0.1) is 32.3 Å². The molecule has 0 saturated carbocycles. The molecule has 5 amide bonds. The van der Waals surface area contributed by atoms with E-state index in [1.165, 1.54) is 0 Å². The monoisotopic (exact) mass is 316 g/mol. The molecule has 0 spiro atoms. The Morgan fingerprint density at radius 1 is 1.31 bits per heavy atom. The quantitative estimate of drug-likeness (QED) is 0.480. The van der Waals surface area contributed by atoms with Gasteiger partial charge in [-0.3, -0.25) is 4.79 Å². The number of primary amides is 2. The number of rotatable bonds is 0. The summed E-state index contributed by atoms with van der Waals surface area (Å²) in [4.78, 5) is 30.2. The van der Waals surface area contributed by atoms with Gasteiger partial charge in [0.25, 0.3) is 5.91 Å². The van der Waals surface area contributed by atoms with Crippen LogP contribution < -0.4 is 11.5 Å². The highest BCUT2D eigenvalue weighted by atomic mass is 79.9. The van der Waals surface area contributed by atoms with E-state index in [1.807, 2.05) is 0 Å². The summed E-state index contributed by atoms with van der Waals surface area (Å²) in [7, 11) is 0. The van der Waals surface area contributed by atoms with Crippen molar-refractivity contribution < 1.29 is 14.4 Å². The first-order chi connectivity index (χ1) is 5.86. The maximum absolute atomic E-state index is 10.7. The second-order valence-electron chi connectivity index (χ2n) is 1.88. The molecule has 0 bridgehead atoms. The maximum atomic E-state index is 10.7. The topological polar surface area (TPSA) is 110 Å². The number of hydrogen-bond donors (Lipinski definition) is 2. The molecule has 0 aromatic rings. The van der Waals surface area contributed by atoms with Crippen LogP contribution in [0.25, 0.3) is 0 Å². The Kier molecular flexibility index (Phi) is 4.70. The summed E-state index contributed by atoms with van der Waals surface area (Å²) in [5, 5.41) is 0. The van der Waals surface area contributed by atoms with Gasteiger partial charge in [-0.15, -0.1) is 0 Å². The van der Waals surface area contributed by atoms with Crippen molar-refractivity contribution in [1.82, 2.24) is 7.85 Å². The smallest absolute Gasteiger partial charge is 0.347 e. The van der Waals surface area contributed by atoms with Crippen molar-refractivity contribution >= 4 is 50.3 Å². The first-order valence-corrected chi connectivity index (χ1v) is 4.29. The minimum Gasteiger partial charge on any atom is -0.352 e. The SMILES string of the molecule is NC(N)=O.O=C1CN(Br)C(=O)N1Br. The molecule has 13 heavy (non-hydrogen) atoms. The number of amides is 5. The van der Waals surface area contributed by atoms with Crippen LogP contribution in [0.2, 0.25) is 0 Å². The minimum absolute atomic E-state index is 0.0874. The molecule has 0 aromatic carbocycles. The Hall–Kier alpha value is -0.830. The molecule has 0 atom stereocenters. The molecule has 1 fully saturated rings. The molecule has 0 aliphatic carbocycles. The van der Waals surface area contributed by atoms with Gasteiger partial charge >= 0.3 is 12.1 Å². The summed E-state index contributed by atoms with van der Waals surface area (Å²) >= 11 is 5.65. The van der Waals surface area contributed by atoms with E-state index in [2.05, 4.69) is 43.8 Å². The van der Waals surface area contributed by atoms with Gasteiger partial charge in [0, 0.05) is 0 Å². The van der Waals surface area contributed by atoms with Crippen LogP contribution in [-0.2, 0) is 4.79 Å². The van der Waals surface area contributed by atoms with Crippen LogP contribution >= 0.6 is 32.3 Å². The lowest BCUT2D eigenvalue weighted by molar-refractivity contribution is -0.121. The second kappa shape index (κ2) is 5.02. The summed E-state index contributed by atoms with van der Waals surface area (Å²) in [6, 6.07) is -1.22. The van der Waals surface area contributed by atoms with E-state index >= 15 is 0 Å². The third-order valence-corrected chi connectivity index (χ3v) is 2.12. The number of halogens is 2. The summed E-state index contributed by atoms with van der Waals surface area (Å²) in [5.41, 5.74) is 8.50. The zero-order valence-electron chi connectivity index (χ0n) is 6.24. The fourth-order valence-electron chi connectivity index (χ4n) is 0.450. The molecule has 1 rings (SSSR count). The third-order valence-electron chi connectivity index (χ3n) is 0.869. The lowest BCUT2D eigenvalue weighted by Crippen LogP contribution is -2.18. The van der Waals surface area contributed by atoms with Crippen LogP contribution in [0.1, 0.15) is 0 Å². The zero-order chi connectivity index (χ0) is 10.6. The van der Waals surface area contributed by atoms with Crippen LogP contribution in [0, 0.1) is 0 Å². The van der Waals surface area contributed by atoms with Crippen molar-refractivity contribution in [3.8, 4) is 0 Å². The molecule has 0 aromatic heterocycles. The molecule has 1 aliphatic rings. The highest BCUT2D eigenvalue weighted by Gasteiger charge is 2.33. The van der Waals surface area contributed by atoms with Crippen molar-refractivity contribution in [2.75, 3.05) is 6.54 Å². The number of urea groups is 2. The fourth-order valence-corrected chi connectivity index (χ4v) is 1.34. The van der Waals surface area contributed by atoms with E-state index in [9.17, 15) is 9.59 Å². The number of hydrogen-bond acceptors (Lipinski definition) is 3. The normalized spacial score (nSPS) is 15.5. The van der Waals surface area contributed by atoms with E-state index in [-0.39, 0.29) is 18.5 Å². The number of carbonyl (C=O) groups excluding carboxylic acids is 3. The van der Waals surface area contributed by atoms with Gasteiger partial charge in [0.15, 0.2) is 0 Å². The number of nitrogens with zero attached hydrogens (tertiary/aromatic N) is 2.